The van der Waals surface area contributed by atoms with Gasteiger partial charge in [-0.1, -0.05) is 0 Å². The van der Waals surface area contributed by atoms with Gasteiger partial charge in [-0.2, -0.15) is 16.7 Å². The second-order valence-electron chi connectivity index (χ2n) is 3.16. The van der Waals surface area contributed by atoms with E-state index in [4.69, 9.17) is 11.6 Å². The first-order chi connectivity index (χ1) is 7.13. The van der Waals surface area contributed by atoms with Crippen LogP contribution in [0.25, 0.3) is 0 Å². The van der Waals surface area contributed by atoms with Crippen LogP contribution in [0.1, 0.15) is 13.3 Å². The molecule has 0 fully saturated rings. The molecule has 0 saturated heterocycles. The molecule has 0 aliphatic carbocycles. The summed E-state index contributed by atoms with van der Waals surface area (Å²) in [6, 6.07) is 0.375. The second kappa shape index (κ2) is 6.55. The van der Waals surface area contributed by atoms with E-state index in [0.29, 0.717) is 6.04 Å². The van der Waals surface area contributed by atoms with E-state index in [1.165, 1.54) is 0 Å². The fourth-order valence-electron chi connectivity index (χ4n) is 1.05. The molecule has 6 heteroatoms. The number of anilines is 1. The first-order valence-electron chi connectivity index (χ1n) is 4.57. The molecule has 1 rings (SSSR count). The van der Waals surface area contributed by atoms with Gasteiger partial charge in [0.05, 0.1) is 4.47 Å². The van der Waals surface area contributed by atoms with E-state index in [0.717, 1.165) is 22.5 Å². The van der Waals surface area contributed by atoms with Crippen molar-refractivity contribution < 1.29 is 0 Å². The van der Waals surface area contributed by atoms with Crippen molar-refractivity contribution in [1.82, 2.24) is 9.97 Å². The molecule has 0 aliphatic heterocycles. The van der Waals surface area contributed by atoms with E-state index < -0.39 is 0 Å². The highest BCUT2D eigenvalue weighted by Gasteiger charge is 2.07. The summed E-state index contributed by atoms with van der Waals surface area (Å²) >= 11 is 10.9. The lowest BCUT2D eigenvalue weighted by Crippen LogP contribution is -2.17. The second-order valence-corrected chi connectivity index (χ2v) is 5.34. The molecule has 1 unspecified atom stereocenters. The highest BCUT2D eigenvalue weighted by atomic mass is 79.9. The molecule has 15 heavy (non-hydrogen) atoms. The summed E-state index contributed by atoms with van der Waals surface area (Å²) in [4.78, 5) is 7.98. The number of halogens is 2. The van der Waals surface area contributed by atoms with Gasteiger partial charge in [-0.05, 0) is 52.9 Å². The van der Waals surface area contributed by atoms with Crippen LogP contribution in [0.5, 0.6) is 0 Å². The molecule has 0 aromatic carbocycles. The Morgan fingerprint density at radius 2 is 2.40 bits per heavy atom. The smallest absolute Gasteiger partial charge is 0.224 e. The summed E-state index contributed by atoms with van der Waals surface area (Å²) in [6.45, 7) is 2.12. The molecule has 0 aliphatic rings. The quantitative estimate of drug-likeness (QED) is 0.845. The van der Waals surface area contributed by atoms with Crippen molar-refractivity contribution in [2.45, 2.75) is 19.4 Å². The fraction of sp³-hybridized carbons (Fsp3) is 0.556. The van der Waals surface area contributed by atoms with E-state index in [2.05, 4.69) is 44.4 Å². The van der Waals surface area contributed by atoms with Gasteiger partial charge in [0.2, 0.25) is 5.28 Å². The monoisotopic (exact) mass is 309 g/mol. The third-order valence-electron chi connectivity index (χ3n) is 1.85. The van der Waals surface area contributed by atoms with Gasteiger partial charge in [0.15, 0.2) is 0 Å². The average molecular weight is 311 g/mol. The normalized spacial score (nSPS) is 12.5. The van der Waals surface area contributed by atoms with Crippen molar-refractivity contribution in [2.24, 2.45) is 0 Å². The Labute approximate surface area is 108 Å². The highest BCUT2D eigenvalue weighted by Crippen LogP contribution is 2.21. The summed E-state index contributed by atoms with van der Waals surface area (Å²) < 4.78 is 0.836. The zero-order chi connectivity index (χ0) is 11.3. The maximum absolute atomic E-state index is 5.72. The van der Waals surface area contributed by atoms with Crippen LogP contribution in [0.2, 0.25) is 5.28 Å². The summed E-state index contributed by atoms with van der Waals surface area (Å²) in [6.07, 6.45) is 4.85. The molecule has 1 atom stereocenters. The third-order valence-corrected chi connectivity index (χ3v) is 3.26. The van der Waals surface area contributed by atoms with Gasteiger partial charge in [0.1, 0.15) is 5.82 Å². The number of aromatic nitrogens is 2. The van der Waals surface area contributed by atoms with Crippen LogP contribution in [0, 0.1) is 0 Å². The molecule has 0 spiro atoms. The van der Waals surface area contributed by atoms with E-state index in [9.17, 15) is 0 Å². The van der Waals surface area contributed by atoms with Gasteiger partial charge in [-0.25, -0.2) is 4.98 Å². The van der Waals surface area contributed by atoms with Gasteiger partial charge < -0.3 is 5.32 Å². The predicted octanol–water partition coefficient (Wildman–Crippen LogP) is 3.45. The molecule has 0 saturated carbocycles. The van der Waals surface area contributed by atoms with Crippen LogP contribution in [-0.4, -0.2) is 28.0 Å². The van der Waals surface area contributed by atoms with Crippen LogP contribution in [0.15, 0.2) is 10.7 Å². The number of hydrogen-bond acceptors (Lipinski definition) is 4. The third kappa shape index (κ3) is 4.57. The number of hydrogen-bond donors (Lipinski definition) is 1. The van der Waals surface area contributed by atoms with E-state index in [-0.39, 0.29) is 5.28 Å². The predicted molar refractivity (Wildman–Crippen MR) is 70.8 cm³/mol. The topological polar surface area (TPSA) is 37.8 Å². The van der Waals surface area contributed by atoms with Gasteiger partial charge >= 0.3 is 0 Å². The molecule has 0 bridgehead atoms. The first-order valence-corrected chi connectivity index (χ1v) is 7.13. The van der Waals surface area contributed by atoms with Gasteiger partial charge in [0, 0.05) is 12.2 Å². The standard InChI is InChI=1S/C9H13BrClN3S/c1-6(3-4-15-2)13-8-7(10)5-12-9(11)14-8/h5-6H,3-4H2,1-2H3,(H,12,13,14). The molecular weight excluding hydrogens is 298 g/mol. The minimum absolute atomic E-state index is 0.262. The Morgan fingerprint density at radius 3 is 3.07 bits per heavy atom. The minimum atomic E-state index is 0.262. The van der Waals surface area contributed by atoms with Crippen molar-refractivity contribution in [3.63, 3.8) is 0 Å². The highest BCUT2D eigenvalue weighted by molar-refractivity contribution is 9.10. The van der Waals surface area contributed by atoms with Crippen LogP contribution in [0.4, 0.5) is 5.82 Å². The zero-order valence-electron chi connectivity index (χ0n) is 8.63. The number of nitrogens with zero attached hydrogens (tertiary/aromatic N) is 2. The maximum atomic E-state index is 5.72. The summed E-state index contributed by atoms with van der Waals surface area (Å²) in [5.41, 5.74) is 0. The lowest BCUT2D eigenvalue weighted by molar-refractivity contribution is 0.765. The van der Waals surface area contributed by atoms with Crippen LogP contribution < -0.4 is 5.32 Å². The molecule has 0 amide bonds. The Bertz CT molecular complexity index is 324. The summed E-state index contributed by atoms with van der Waals surface area (Å²) in [5, 5.41) is 3.55. The first kappa shape index (κ1) is 13.1. The van der Waals surface area contributed by atoms with Gasteiger partial charge in [-0.15, -0.1) is 0 Å². The maximum Gasteiger partial charge on any atom is 0.224 e. The number of nitrogens with one attached hydrogen (secondary N) is 1. The largest absolute Gasteiger partial charge is 0.367 e. The van der Waals surface area contributed by atoms with E-state index >= 15 is 0 Å². The van der Waals surface area contributed by atoms with Crippen LogP contribution in [-0.2, 0) is 0 Å². The lowest BCUT2D eigenvalue weighted by Gasteiger charge is -2.14. The minimum Gasteiger partial charge on any atom is -0.367 e. The van der Waals surface area contributed by atoms with Crippen molar-refractivity contribution in [2.75, 3.05) is 17.3 Å². The van der Waals surface area contributed by atoms with E-state index in [1.54, 1.807) is 6.20 Å². The molecule has 1 N–H and O–H groups in total. The average Bonchev–Trinajstić information content (AvgIpc) is 2.20. The van der Waals surface area contributed by atoms with Crippen molar-refractivity contribution in [3.8, 4) is 0 Å². The SMILES string of the molecule is CSCCC(C)Nc1nc(Cl)ncc1Br. The van der Waals surface area contributed by atoms with Crippen LogP contribution in [0.3, 0.4) is 0 Å². The summed E-state index contributed by atoms with van der Waals surface area (Å²) in [5.74, 6) is 1.88. The molecule has 0 radical (unpaired) electrons. The zero-order valence-corrected chi connectivity index (χ0v) is 11.8. The number of rotatable bonds is 5. The van der Waals surface area contributed by atoms with Gasteiger partial charge in [-0.3, -0.25) is 0 Å². The molecule has 1 aromatic rings. The number of thioether (sulfide) groups is 1. The fourth-order valence-corrected chi connectivity index (χ4v) is 2.08. The van der Waals surface area contributed by atoms with Crippen molar-refractivity contribution in [3.05, 3.63) is 16.0 Å². The molecule has 3 nitrogen and oxygen atoms in total. The van der Waals surface area contributed by atoms with E-state index in [1.807, 2.05) is 11.8 Å². The molecule has 84 valence electrons. The Hall–Kier alpha value is -0.000000000000000111. The molecular formula is C9H13BrClN3S. The molecule has 1 heterocycles. The van der Waals surface area contributed by atoms with Crippen LogP contribution >= 0.6 is 39.3 Å². The Kier molecular flexibility index (Phi) is 5.71. The Balaban J connectivity index is 2.59. The van der Waals surface area contributed by atoms with Gasteiger partial charge in [0.25, 0.3) is 0 Å². The molecule has 1 aromatic heterocycles. The van der Waals surface area contributed by atoms with Crippen molar-refractivity contribution in [1.29, 1.82) is 0 Å². The Morgan fingerprint density at radius 1 is 1.67 bits per heavy atom. The van der Waals surface area contributed by atoms with Crippen molar-refractivity contribution >= 4 is 45.1 Å². The summed E-state index contributed by atoms with van der Waals surface area (Å²) in [7, 11) is 0. The lowest BCUT2D eigenvalue weighted by atomic mass is 10.2.